The van der Waals surface area contributed by atoms with E-state index >= 15 is 0 Å². The minimum absolute atomic E-state index is 0.373. The number of nitrogens with zero attached hydrogens (tertiary/aromatic N) is 2. The highest BCUT2D eigenvalue weighted by Crippen LogP contribution is 2.00. The van der Waals surface area contributed by atoms with Crippen LogP contribution in [0, 0.1) is 0 Å². The fraction of sp³-hybridized carbons (Fsp3) is 0.667. The molecule has 0 aliphatic carbocycles. The third kappa shape index (κ3) is 3.16. The van der Waals surface area contributed by atoms with Gasteiger partial charge in [0.05, 0.1) is 6.04 Å². The summed E-state index contributed by atoms with van der Waals surface area (Å²) in [5, 5.41) is 7.50. The van der Waals surface area contributed by atoms with Crippen molar-refractivity contribution in [3.05, 3.63) is 18.5 Å². The van der Waals surface area contributed by atoms with Crippen LogP contribution in [-0.4, -0.2) is 28.9 Å². The Labute approximate surface area is 79.1 Å². The molecule has 0 saturated carbocycles. The zero-order valence-electron chi connectivity index (χ0n) is 8.27. The number of nitrogens with one attached hydrogen (secondary N) is 1. The second-order valence-corrected chi connectivity index (χ2v) is 3.38. The maximum atomic E-state index is 5.49. The van der Waals surface area contributed by atoms with Gasteiger partial charge in [-0.2, -0.15) is 5.10 Å². The van der Waals surface area contributed by atoms with E-state index in [4.69, 9.17) is 5.73 Å². The number of hydrogen-bond donors (Lipinski definition) is 2. The molecule has 0 fully saturated rings. The molecule has 4 heteroatoms. The van der Waals surface area contributed by atoms with Gasteiger partial charge in [-0.25, -0.2) is 0 Å². The molecule has 2 atom stereocenters. The van der Waals surface area contributed by atoms with E-state index in [-0.39, 0.29) is 0 Å². The predicted molar refractivity (Wildman–Crippen MR) is 53.5 cm³/mol. The summed E-state index contributed by atoms with van der Waals surface area (Å²) in [5.74, 6) is 0. The molecule has 1 aromatic heterocycles. The second kappa shape index (κ2) is 4.99. The van der Waals surface area contributed by atoms with Crippen LogP contribution in [0.15, 0.2) is 18.5 Å². The zero-order valence-corrected chi connectivity index (χ0v) is 8.27. The minimum Gasteiger partial charge on any atom is -0.329 e. The average molecular weight is 182 g/mol. The van der Waals surface area contributed by atoms with Crippen molar-refractivity contribution in [2.75, 3.05) is 13.1 Å². The topological polar surface area (TPSA) is 55.9 Å². The summed E-state index contributed by atoms with van der Waals surface area (Å²) in [4.78, 5) is 0. The van der Waals surface area contributed by atoms with E-state index < -0.39 is 0 Å². The standard InChI is InChI=1S/C9H18N4/c1-8(6-10)11-7-9(2)13-5-3-4-12-13/h3-5,8-9,11H,6-7,10H2,1-2H3. The molecule has 1 rings (SSSR count). The summed E-state index contributed by atoms with van der Waals surface area (Å²) >= 11 is 0. The Morgan fingerprint density at radius 2 is 2.31 bits per heavy atom. The Bertz CT molecular complexity index is 220. The first-order valence-electron chi connectivity index (χ1n) is 4.66. The fourth-order valence-corrected chi connectivity index (χ4v) is 1.09. The molecule has 1 heterocycles. The molecule has 0 radical (unpaired) electrons. The molecule has 3 N–H and O–H groups in total. The van der Waals surface area contributed by atoms with Crippen molar-refractivity contribution in [3.8, 4) is 0 Å². The molecule has 74 valence electrons. The van der Waals surface area contributed by atoms with Crippen LogP contribution in [0.25, 0.3) is 0 Å². The molecule has 0 saturated heterocycles. The molecule has 0 bridgehead atoms. The summed E-state index contributed by atoms with van der Waals surface area (Å²) < 4.78 is 1.94. The van der Waals surface area contributed by atoms with E-state index in [1.165, 1.54) is 0 Å². The lowest BCUT2D eigenvalue weighted by atomic mass is 10.3. The summed E-state index contributed by atoms with van der Waals surface area (Å²) in [6.07, 6.45) is 3.77. The van der Waals surface area contributed by atoms with Crippen molar-refractivity contribution in [3.63, 3.8) is 0 Å². The van der Waals surface area contributed by atoms with Crippen molar-refractivity contribution < 1.29 is 0 Å². The van der Waals surface area contributed by atoms with Gasteiger partial charge in [-0.05, 0) is 19.9 Å². The van der Waals surface area contributed by atoms with Crippen LogP contribution in [0.2, 0.25) is 0 Å². The summed E-state index contributed by atoms with van der Waals surface area (Å²) in [6.45, 7) is 5.78. The Morgan fingerprint density at radius 1 is 1.54 bits per heavy atom. The Kier molecular flexibility index (Phi) is 3.92. The van der Waals surface area contributed by atoms with Gasteiger partial charge in [0.25, 0.3) is 0 Å². The lowest BCUT2D eigenvalue weighted by Crippen LogP contribution is -2.36. The van der Waals surface area contributed by atoms with E-state index in [0.717, 1.165) is 6.54 Å². The number of rotatable bonds is 5. The third-order valence-electron chi connectivity index (χ3n) is 2.09. The van der Waals surface area contributed by atoms with Crippen LogP contribution < -0.4 is 11.1 Å². The van der Waals surface area contributed by atoms with E-state index in [2.05, 4.69) is 24.3 Å². The highest BCUT2D eigenvalue weighted by Gasteiger charge is 2.05. The molecule has 0 aromatic carbocycles. The lowest BCUT2D eigenvalue weighted by Gasteiger charge is -2.16. The monoisotopic (exact) mass is 182 g/mol. The molecule has 0 aliphatic heterocycles. The molecular weight excluding hydrogens is 164 g/mol. The average Bonchev–Trinajstić information content (AvgIpc) is 2.66. The van der Waals surface area contributed by atoms with Gasteiger partial charge >= 0.3 is 0 Å². The Balaban J connectivity index is 2.30. The first-order chi connectivity index (χ1) is 6.24. The highest BCUT2D eigenvalue weighted by molar-refractivity contribution is 4.81. The van der Waals surface area contributed by atoms with E-state index in [0.29, 0.717) is 18.6 Å². The van der Waals surface area contributed by atoms with Crippen molar-refractivity contribution in [2.24, 2.45) is 5.73 Å². The molecule has 1 aromatic rings. The smallest absolute Gasteiger partial charge is 0.0615 e. The molecule has 2 unspecified atom stereocenters. The van der Waals surface area contributed by atoms with Gasteiger partial charge in [0.15, 0.2) is 0 Å². The van der Waals surface area contributed by atoms with Crippen LogP contribution in [-0.2, 0) is 0 Å². The third-order valence-corrected chi connectivity index (χ3v) is 2.09. The van der Waals surface area contributed by atoms with Crippen molar-refractivity contribution in [1.29, 1.82) is 0 Å². The molecule has 0 aliphatic rings. The van der Waals surface area contributed by atoms with Crippen LogP contribution in [0.5, 0.6) is 0 Å². The van der Waals surface area contributed by atoms with Crippen LogP contribution >= 0.6 is 0 Å². The highest BCUT2D eigenvalue weighted by atomic mass is 15.3. The SMILES string of the molecule is CC(CN)NCC(C)n1cccn1. The van der Waals surface area contributed by atoms with Gasteiger partial charge in [-0.1, -0.05) is 0 Å². The van der Waals surface area contributed by atoms with Gasteiger partial charge in [-0.3, -0.25) is 4.68 Å². The van der Waals surface area contributed by atoms with Crippen LogP contribution in [0.3, 0.4) is 0 Å². The van der Waals surface area contributed by atoms with Crippen LogP contribution in [0.1, 0.15) is 19.9 Å². The number of nitrogens with two attached hydrogens (primary N) is 1. The molecule has 0 spiro atoms. The largest absolute Gasteiger partial charge is 0.329 e. The van der Waals surface area contributed by atoms with Gasteiger partial charge in [0.2, 0.25) is 0 Å². The minimum atomic E-state index is 0.373. The Hall–Kier alpha value is -0.870. The summed E-state index contributed by atoms with van der Waals surface area (Å²) in [5.41, 5.74) is 5.49. The van der Waals surface area contributed by atoms with Gasteiger partial charge < -0.3 is 11.1 Å². The van der Waals surface area contributed by atoms with E-state index in [1.54, 1.807) is 6.20 Å². The quantitative estimate of drug-likeness (QED) is 0.692. The van der Waals surface area contributed by atoms with Gasteiger partial charge in [0, 0.05) is 31.5 Å². The Morgan fingerprint density at radius 3 is 2.85 bits per heavy atom. The van der Waals surface area contributed by atoms with Crippen molar-refractivity contribution in [2.45, 2.75) is 25.9 Å². The number of aromatic nitrogens is 2. The van der Waals surface area contributed by atoms with Gasteiger partial charge in [-0.15, -0.1) is 0 Å². The second-order valence-electron chi connectivity index (χ2n) is 3.38. The van der Waals surface area contributed by atoms with E-state index in [9.17, 15) is 0 Å². The normalized spacial score (nSPS) is 15.6. The van der Waals surface area contributed by atoms with Crippen LogP contribution in [0.4, 0.5) is 0 Å². The molecule has 0 amide bonds. The summed E-state index contributed by atoms with van der Waals surface area (Å²) in [6, 6.07) is 2.69. The first kappa shape index (κ1) is 10.2. The molecular formula is C9H18N4. The summed E-state index contributed by atoms with van der Waals surface area (Å²) in [7, 11) is 0. The maximum Gasteiger partial charge on any atom is 0.0615 e. The fourth-order valence-electron chi connectivity index (χ4n) is 1.09. The zero-order chi connectivity index (χ0) is 9.68. The lowest BCUT2D eigenvalue weighted by molar-refractivity contribution is 0.426. The maximum absolute atomic E-state index is 5.49. The number of hydrogen-bond acceptors (Lipinski definition) is 3. The van der Waals surface area contributed by atoms with Gasteiger partial charge in [0.1, 0.15) is 0 Å². The van der Waals surface area contributed by atoms with Crippen molar-refractivity contribution in [1.82, 2.24) is 15.1 Å². The van der Waals surface area contributed by atoms with E-state index in [1.807, 2.05) is 16.9 Å². The molecule has 4 nitrogen and oxygen atoms in total. The predicted octanol–water partition coefficient (Wildman–Crippen LogP) is 0.381. The molecule has 13 heavy (non-hydrogen) atoms. The first-order valence-corrected chi connectivity index (χ1v) is 4.66. The van der Waals surface area contributed by atoms with Crippen molar-refractivity contribution >= 4 is 0 Å².